The highest BCUT2D eigenvalue weighted by atomic mass is 35.5. The van der Waals surface area contributed by atoms with E-state index >= 15 is 0 Å². The van der Waals surface area contributed by atoms with Gasteiger partial charge in [-0.25, -0.2) is 4.39 Å². The minimum atomic E-state index is -0.467. The lowest BCUT2D eigenvalue weighted by atomic mass is 10.1. The molecular weight excluding hydrogens is 314 g/mol. The molecule has 2 rings (SSSR count). The van der Waals surface area contributed by atoms with Crippen molar-refractivity contribution in [3.8, 4) is 0 Å². The molecular formula is C15H21Cl2FN2O. The molecule has 118 valence electrons. The summed E-state index contributed by atoms with van der Waals surface area (Å²) >= 11 is 11.9. The number of benzene rings is 1. The molecule has 1 fully saturated rings. The molecule has 21 heavy (non-hydrogen) atoms. The Morgan fingerprint density at radius 2 is 2.19 bits per heavy atom. The Kier molecular flexibility index (Phi) is 6.26. The molecule has 2 atom stereocenters. The number of nitrogens with zero attached hydrogens (tertiary/aromatic N) is 1. The van der Waals surface area contributed by atoms with Gasteiger partial charge in [-0.2, -0.15) is 0 Å². The largest absolute Gasteiger partial charge is 0.395 e. The summed E-state index contributed by atoms with van der Waals surface area (Å²) < 4.78 is 13.7. The van der Waals surface area contributed by atoms with Crippen molar-refractivity contribution in [2.75, 3.05) is 26.2 Å². The van der Waals surface area contributed by atoms with Crippen molar-refractivity contribution in [2.45, 2.75) is 31.8 Å². The predicted molar refractivity (Wildman–Crippen MR) is 84.5 cm³/mol. The van der Waals surface area contributed by atoms with Crippen LogP contribution in [-0.4, -0.2) is 42.3 Å². The van der Waals surface area contributed by atoms with Crippen LogP contribution in [0, 0.1) is 5.82 Å². The molecule has 0 bridgehead atoms. The third kappa shape index (κ3) is 4.30. The summed E-state index contributed by atoms with van der Waals surface area (Å²) in [7, 11) is 0. The Bertz CT molecular complexity index is 481. The predicted octanol–water partition coefficient (Wildman–Crippen LogP) is 3.24. The molecule has 2 unspecified atom stereocenters. The number of halogens is 3. The van der Waals surface area contributed by atoms with E-state index in [1.807, 2.05) is 6.92 Å². The number of aliphatic hydroxyl groups excluding tert-OH is 1. The van der Waals surface area contributed by atoms with Crippen molar-refractivity contribution in [3.05, 3.63) is 33.6 Å². The maximum atomic E-state index is 13.7. The van der Waals surface area contributed by atoms with Gasteiger partial charge in [-0.05, 0) is 44.0 Å². The normalized spacial score (nSPS) is 20.2. The third-order valence-corrected chi connectivity index (χ3v) is 4.66. The number of nitrogens with one attached hydrogen (secondary N) is 1. The first-order valence-electron chi connectivity index (χ1n) is 7.25. The monoisotopic (exact) mass is 334 g/mol. The summed E-state index contributed by atoms with van der Waals surface area (Å²) in [5.41, 5.74) is 0.699. The first-order chi connectivity index (χ1) is 10.0. The number of rotatable bonds is 6. The Morgan fingerprint density at radius 1 is 1.43 bits per heavy atom. The zero-order valence-electron chi connectivity index (χ0n) is 12.1. The van der Waals surface area contributed by atoms with Crippen LogP contribution in [0.2, 0.25) is 10.0 Å². The molecule has 0 spiro atoms. The van der Waals surface area contributed by atoms with Gasteiger partial charge in [0.25, 0.3) is 0 Å². The summed E-state index contributed by atoms with van der Waals surface area (Å²) in [6.07, 6.45) is 2.29. The van der Waals surface area contributed by atoms with Gasteiger partial charge in [-0.15, -0.1) is 0 Å². The molecule has 0 amide bonds. The topological polar surface area (TPSA) is 35.5 Å². The fourth-order valence-electron chi connectivity index (χ4n) is 2.82. The highest BCUT2D eigenvalue weighted by molar-refractivity contribution is 6.35. The number of aliphatic hydroxyl groups is 1. The first-order valence-corrected chi connectivity index (χ1v) is 8.01. The second kappa shape index (κ2) is 7.75. The van der Waals surface area contributed by atoms with Crippen molar-refractivity contribution >= 4 is 23.2 Å². The van der Waals surface area contributed by atoms with Gasteiger partial charge in [-0.1, -0.05) is 23.2 Å². The highest BCUT2D eigenvalue weighted by Crippen LogP contribution is 2.31. The van der Waals surface area contributed by atoms with E-state index in [0.717, 1.165) is 19.5 Å². The van der Waals surface area contributed by atoms with Crippen LogP contribution in [0.4, 0.5) is 4.39 Å². The van der Waals surface area contributed by atoms with Crippen molar-refractivity contribution in [1.82, 2.24) is 10.2 Å². The Labute approximate surface area is 135 Å². The van der Waals surface area contributed by atoms with E-state index in [-0.39, 0.29) is 17.7 Å². The zero-order chi connectivity index (χ0) is 15.4. The quantitative estimate of drug-likeness (QED) is 0.784. The maximum absolute atomic E-state index is 13.7. The molecule has 1 heterocycles. The molecule has 0 radical (unpaired) electrons. The van der Waals surface area contributed by atoms with Crippen LogP contribution in [0.1, 0.15) is 31.4 Å². The SMILES string of the molecule is CC(c1cc(F)c(Cl)cc1Cl)N(CCO)CC1CCCN1. The molecule has 0 aliphatic carbocycles. The molecule has 1 aromatic rings. The van der Waals surface area contributed by atoms with Crippen LogP contribution in [-0.2, 0) is 0 Å². The highest BCUT2D eigenvalue weighted by Gasteiger charge is 2.24. The van der Waals surface area contributed by atoms with Gasteiger partial charge in [-0.3, -0.25) is 4.90 Å². The van der Waals surface area contributed by atoms with Crippen LogP contribution in [0.25, 0.3) is 0 Å². The second-order valence-electron chi connectivity index (χ2n) is 5.48. The van der Waals surface area contributed by atoms with E-state index in [0.29, 0.717) is 23.2 Å². The van der Waals surface area contributed by atoms with Crippen LogP contribution in [0.3, 0.4) is 0 Å². The Balaban J connectivity index is 2.16. The molecule has 1 aliphatic rings. The summed E-state index contributed by atoms with van der Waals surface area (Å²) in [5.74, 6) is -0.467. The standard InChI is InChI=1S/C15H21Cl2FN2O/c1-10(12-7-15(18)14(17)8-13(12)16)20(5-6-21)9-11-3-2-4-19-11/h7-8,10-11,19,21H,2-6,9H2,1H3. The fraction of sp³-hybridized carbons (Fsp3) is 0.600. The van der Waals surface area contributed by atoms with Crippen molar-refractivity contribution in [3.63, 3.8) is 0 Å². The van der Waals surface area contributed by atoms with Gasteiger partial charge in [0.05, 0.1) is 11.6 Å². The minimum absolute atomic E-state index is 0.0297. The lowest BCUT2D eigenvalue weighted by molar-refractivity contribution is 0.147. The van der Waals surface area contributed by atoms with Crippen LogP contribution in [0.5, 0.6) is 0 Å². The lowest BCUT2D eigenvalue weighted by Crippen LogP contribution is -2.40. The van der Waals surface area contributed by atoms with Crippen molar-refractivity contribution < 1.29 is 9.50 Å². The lowest BCUT2D eigenvalue weighted by Gasteiger charge is -2.31. The van der Waals surface area contributed by atoms with Gasteiger partial charge in [0.15, 0.2) is 0 Å². The summed E-state index contributed by atoms with van der Waals surface area (Å²) in [6.45, 7) is 4.40. The summed E-state index contributed by atoms with van der Waals surface area (Å²) in [6, 6.07) is 3.16. The second-order valence-corrected chi connectivity index (χ2v) is 6.29. The molecule has 1 saturated heterocycles. The number of hydrogen-bond donors (Lipinski definition) is 2. The molecule has 1 aliphatic heterocycles. The van der Waals surface area contributed by atoms with Gasteiger partial charge in [0, 0.05) is 30.2 Å². The fourth-order valence-corrected chi connectivity index (χ4v) is 3.36. The van der Waals surface area contributed by atoms with Gasteiger partial charge >= 0.3 is 0 Å². The van der Waals surface area contributed by atoms with Crippen LogP contribution in [0.15, 0.2) is 12.1 Å². The third-order valence-electron chi connectivity index (χ3n) is 4.04. The van der Waals surface area contributed by atoms with Crippen molar-refractivity contribution in [2.24, 2.45) is 0 Å². The smallest absolute Gasteiger partial charge is 0.142 e. The van der Waals surface area contributed by atoms with E-state index in [9.17, 15) is 9.50 Å². The molecule has 2 N–H and O–H groups in total. The van der Waals surface area contributed by atoms with Gasteiger partial charge in [0.2, 0.25) is 0 Å². The zero-order valence-corrected chi connectivity index (χ0v) is 13.6. The average Bonchev–Trinajstić information content (AvgIpc) is 2.94. The maximum Gasteiger partial charge on any atom is 0.142 e. The Morgan fingerprint density at radius 3 is 2.81 bits per heavy atom. The number of hydrogen-bond acceptors (Lipinski definition) is 3. The van der Waals surface area contributed by atoms with Crippen molar-refractivity contribution in [1.29, 1.82) is 0 Å². The van der Waals surface area contributed by atoms with E-state index in [2.05, 4.69) is 10.2 Å². The molecule has 3 nitrogen and oxygen atoms in total. The first kappa shape index (κ1) is 17.0. The minimum Gasteiger partial charge on any atom is -0.395 e. The van der Waals surface area contributed by atoms with E-state index in [1.54, 1.807) is 0 Å². The molecule has 1 aromatic carbocycles. The van der Waals surface area contributed by atoms with E-state index in [1.165, 1.54) is 18.6 Å². The average molecular weight is 335 g/mol. The molecule has 0 saturated carbocycles. The molecule has 0 aromatic heterocycles. The van der Waals surface area contributed by atoms with Gasteiger partial charge < -0.3 is 10.4 Å². The summed E-state index contributed by atoms with van der Waals surface area (Å²) in [4.78, 5) is 2.12. The molecule has 6 heteroatoms. The Hall–Kier alpha value is -0.390. The van der Waals surface area contributed by atoms with Crippen LogP contribution >= 0.6 is 23.2 Å². The van der Waals surface area contributed by atoms with Crippen LogP contribution < -0.4 is 5.32 Å². The summed E-state index contributed by atoms with van der Waals surface area (Å²) in [5, 5.41) is 13.2. The van der Waals surface area contributed by atoms with Gasteiger partial charge in [0.1, 0.15) is 5.82 Å². The van der Waals surface area contributed by atoms with E-state index < -0.39 is 5.82 Å². The van der Waals surface area contributed by atoms with E-state index in [4.69, 9.17) is 23.2 Å².